The molecule has 0 bridgehead atoms. The molecule has 0 heterocycles. The molecule has 84 valence electrons. The summed E-state index contributed by atoms with van der Waals surface area (Å²) in [5, 5.41) is 0. The zero-order chi connectivity index (χ0) is 11.5. The van der Waals surface area contributed by atoms with Crippen molar-refractivity contribution in [2.24, 2.45) is 5.73 Å². The van der Waals surface area contributed by atoms with Crippen LogP contribution in [0.4, 0.5) is 0 Å². The van der Waals surface area contributed by atoms with Crippen molar-refractivity contribution in [3.8, 4) is 5.75 Å². The Kier molecular flexibility index (Phi) is 3.75. The van der Waals surface area contributed by atoms with Gasteiger partial charge >= 0.3 is 0 Å². The molecule has 0 saturated carbocycles. The van der Waals surface area contributed by atoms with Gasteiger partial charge in [-0.15, -0.1) is 0 Å². The number of rotatable bonds is 3. The molecular formula is C13H21NO. The molecule has 1 unspecified atom stereocenters. The summed E-state index contributed by atoms with van der Waals surface area (Å²) in [5.41, 5.74) is 6.96. The maximum atomic E-state index is 5.67. The summed E-state index contributed by atoms with van der Waals surface area (Å²) in [5.74, 6) is 0.903. The predicted molar refractivity (Wildman–Crippen MR) is 64.3 cm³/mol. The monoisotopic (exact) mass is 207 g/mol. The Balaban J connectivity index is 2.84. The lowest BCUT2D eigenvalue weighted by atomic mass is 9.87. The summed E-state index contributed by atoms with van der Waals surface area (Å²) in [6, 6.07) is 8.21. The number of hydrogen-bond acceptors (Lipinski definition) is 2. The van der Waals surface area contributed by atoms with Crippen molar-refractivity contribution in [1.82, 2.24) is 0 Å². The van der Waals surface area contributed by atoms with Gasteiger partial charge in [-0.25, -0.2) is 0 Å². The lowest BCUT2D eigenvalue weighted by molar-refractivity contribution is 0.229. The lowest BCUT2D eigenvalue weighted by Crippen LogP contribution is -2.23. The molecule has 0 saturated heterocycles. The highest BCUT2D eigenvalue weighted by atomic mass is 16.5. The Morgan fingerprint density at radius 3 is 2.53 bits per heavy atom. The molecule has 1 atom stereocenters. The molecule has 0 radical (unpaired) electrons. The first kappa shape index (κ1) is 12.1. The van der Waals surface area contributed by atoms with E-state index in [0.717, 1.165) is 5.75 Å². The van der Waals surface area contributed by atoms with Crippen LogP contribution in [-0.4, -0.2) is 12.6 Å². The van der Waals surface area contributed by atoms with Gasteiger partial charge in [0.1, 0.15) is 11.9 Å². The second-order valence-corrected chi connectivity index (χ2v) is 4.94. The number of hydrogen-bond donors (Lipinski definition) is 1. The molecule has 1 aromatic carbocycles. The molecule has 1 rings (SSSR count). The SMILES string of the molecule is CC(CN)Oc1cccc(C(C)(C)C)c1. The van der Waals surface area contributed by atoms with E-state index in [2.05, 4.69) is 32.9 Å². The maximum absolute atomic E-state index is 5.67. The highest BCUT2D eigenvalue weighted by Gasteiger charge is 2.14. The first-order valence-electron chi connectivity index (χ1n) is 5.41. The second kappa shape index (κ2) is 4.67. The summed E-state index contributed by atoms with van der Waals surface area (Å²) in [7, 11) is 0. The van der Waals surface area contributed by atoms with Gasteiger partial charge in [-0.05, 0) is 30.0 Å². The van der Waals surface area contributed by atoms with E-state index in [9.17, 15) is 0 Å². The number of benzene rings is 1. The van der Waals surface area contributed by atoms with Crippen molar-refractivity contribution < 1.29 is 4.74 Å². The summed E-state index contributed by atoms with van der Waals surface area (Å²) in [6.07, 6.45) is 0.0696. The zero-order valence-corrected chi connectivity index (χ0v) is 10.1. The highest BCUT2D eigenvalue weighted by molar-refractivity contribution is 5.32. The largest absolute Gasteiger partial charge is 0.489 e. The van der Waals surface area contributed by atoms with Crippen LogP contribution >= 0.6 is 0 Å². The van der Waals surface area contributed by atoms with Crippen molar-refractivity contribution in [2.45, 2.75) is 39.2 Å². The van der Waals surface area contributed by atoms with E-state index < -0.39 is 0 Å². The van der Waals surface area contributed by atoms with Crippen molar-refractivity contribution in [3.05, 3.63) is 29.8 Å². The van der Waals surface area contributed by atoms with E-state index in [1.807, 2.05) is 19.1 Å². The first-order chi connectivity index (χ1) is 6.93. The van der Waals surface area contributed by atoms with Gasteiger partial charge in [0.05, 0.1) is 0 Å². The van der Waals surface area contributed by atoms with Gasteiger partial charge in [0, 0.05) is 6.54 Å². The van der Waals surface area contributed by atoms with Gasteiger partial charge in [-0.1, -0.05) is 32.9 Å². The van der Waals surface area contributed by atoms with E-state index >= 15 is 0 Å². The quantitative estimate of drug-likeness (QED) is 0.827. The molecule has 0 aliphatic rings. The van der Waals surface area contributed by atoms with Crippen LogP contribution in [0, 0.1) is 0 Å². The van der Waals surface area contributed by atoms with Crippen molar-refractivity contribution in [2.75, 3.05) is 6.54 Å². The fourth-order valence-corrected chi connectivity index (χ4v) is 1.32. The fourth-order valence-electron chi connectivity index (χ4n) is 1.32. The Morgan fingerprint density at radius 1 is 1.33 bits per heavy atom. The minimum atomic E-state index is 0.0696. The minimum absolute atomic E-state index is 0.0696. The summed E-state index contributed by atoms with van der Waals surface area (Å²) < 4.78 is 5.67. The van der Waals surface area contributed by atoms with E-state index in [1.54, 1.807) is 0 Å². The minimum Gasteiger partial charge on any atom is -0.489 e. The first-order valence-corrected chi connectivity index (χ1v) is 5.41. The molecule has 0 fully saturated rings. The molecule has 0 spiro atoms. The summed E-state index contributed by atoms with van der Waals surface area (Å²) >= 11 is 0. The van der Waals surface area contributed by atoms with Crippen LogP contribution in [-0.2, 0) is 5.41 Å². The molecule has 15 heavy (non-hydrogen) atoms. The van der Waals surface area contributed by atoms with E-state index in [4.69, 9.17) is 10.5 Å². The van der Waals surface area contributed by atoms with Gasteiger partial charge in [-0.3, -0.25) is 0 Å². The fraction of sp³-hybridized carbons (Fsp3) is 0.538. The van der Waals surface area contributed by atoms with Crippen LogP contribution in [0.2, 0.25) is 0 Å². The van der Waals surface area contributed by atoms with Crippen LogP contribution in [0.1, 0.15) is 33.3 Å². The van der Waals surface area contributed by atoms with Gasteiger partial charge in [-0.2, -0.15) is 0 Å². The molecule has 2 heteroatoms. The normalized spacial score (nSPS) is 13.7. The van der Waals surface area contributed by atoms with Crippen LogP contribution in [0.15, 0.2) is 24.3 Å². The second-order valence-electron chi connectivity index (χ2n) is 4.94. The lowest BCUT2D eigenvalue weighted by Gasteiger charge is -2.20. The zero-order valence-electron chi connectivity index (χ0n) is 10.1. The van der Waals surface area contributed by atoms with Gasteiger partial charge < -0.3 is 10.5 Å². The maximum Gasteiger partial charge on any atom is 0.120 e. The highest BCUT2D eigenvalue weighted by Crippen LogP contribution is 2.25. The third-order valence-electron chi connectivity index (χ3n) is 2.37. The van der Waals surface area contributed by atoms with Crippen LogP contribution in [0.25, 0.3) is 0 Å². The standard InChI is InChI=1S/C13H21NO/c1-10(9-14)15-12-7-5-6-11(8-12)13(2,3)4/h5-8,10H,9,14H2,1-4H3. The van der Waals surface area contributed by atoms with Gasteiger partial charge in [0.25, 0.3) is 0 Å². The summed E-state index contributed by atoms with van der Waals surface area (Å²) in [4.78, 5) is 0. The Morgan fingerprint density at radius 2 is 2.00 bits per heavy atom. The third-order valence-corrected chi connectivity index (χ3v) is 2.37. The van der Waals surface area contributed by atoms with Crippen molar-refractivity contribution >= 4 is 0 Å². The van der Waals surface area contributed by atoms with Gasteiger partial charge in [0.15, 0.2) is 0 Å². The van der Waals surface area contributed by atoms with Crippen LogP contribution in [0.3, 0.4) is 0 Å². The molecule has 0 aromatic heterocycles. The van der Waals surface area contributed by atoms with Gasteiger partial charge in [0.2, 0.25) is 0 Å². The average Bonchev–Trinajstić information content (AvgIpc) is 2.17. The van der Waals surface area contributed by atoms with E-state index in [0.29, 0.717) is 6.54 Å². The van der Waals surface area contributed by atoms with E-state index in [-0.39, 0.29) is 11.5 Å². The average molecular weight is 207 g/mol. The Bertz CT molecular complexity index is 315. The molecule has 2 nitrogen and oxygen atoms in total. The molecular weight excluding hydrogens is 186 g/mol. The number of ether oxygens (including phenoxy) is 1. The smallest absolute Gasteiger partial charge is 0.120 e. The Hall–Kier alpha value is -1.02. The summed E-state index contributed by atoms with van der Waals surface area (Å²) in [6.45, 7) is 9.10. The Labute approximate surface area is 92.4 Å². The molecule has 2 N–H and O–H groups in total. The third kappa shape index (κ3) is 3.56. The molecule has 0 aliphatic carbocycles. The van der Waals surface area contributed by atoms with E-state index in [1.165, 1.54) is 5.56 Å². The van der Waals surface area contributed by atoms with Crippen LogP contribution < -0.4 is 10.5 Å². The molecule has 0 aliphatic heterocycles. The predicted octanol–water partition coefficient (Wildman–Crippen LogP) is 2.71. The van der Waals surface area contributed by atoms with Crippen molar-refractivity contribution in [3.63, 3.8) is 0 Å². The number of nitrogens with two attached hydrogens (primary N) is 1. The van der Waals surface area contributed by atoms with Crippen molar-refractivity contribution in [1.29, 1.82) is 0 Å². The van der Waals surface area contributed by atoms with Crippen LogP contribution in [0.5, 0.6) is 5.75 Å². The topological polar surface area (TPSA) is 35.2 Å². The molecule has 0 amide bonds. The molecule has 1 aromatic rings.